The lowest BCUT2D eigenvalue weighted by molar-refractivity contribution is 0.0948. The van der Waals surface area contributed by atoms with E-state index in [1.54, 1.807) is 20.3 Å². The fraction of sp³-hybridized carbons (Fsp3) is 0.500. The molecule has 0 bridgehead atoms. The first kappa shape index (κ1) is 14.5. The molecule has 100 valence electrons. The van der Waals surface area contributed by atoms with Crippen molar-refractivity contribution in [2.24, 2.45) is 0 Å². The highest BCUT2D eigenvalue weighted by Crippen LogP contribution is 2.23. The van der Waals surface area contributed by atoms with Crippen molar-refractivity contribution >= 4 is 5.91 Å². The first-order valence-electron chi connectivity index (χ1n) is 6.03. The van der Waals surface area contributed by atoms with Crippen molar-refractivity contribution in [2.75, 3.05) is 27.4 Å². The van der Waals surface area contributed by atoms with Crippen LogP contribution in [0.5, 0.6) is 5.75 Å². The van der Waals surface area contributed by atoms with Crippen molar-refractivity contribution in [1.82, 2.24) is 5.32 Å². The van der Waals surface area contributed by atoms with Crippen LogP contribution in [0.25, 0.3) is 0 Å². The predicted octanol–water partition coefficient (Wildman–Crippen LogP) is 2.08. The van der Waals surface area contributed by atoms with Crippen LogP contribution in [0.1, 0.15) is 27.9 Å². The van der Waals surface area contributed by atoms with Crippen LogP contribution in [0.3, 0.4) is 0 Å². The van der Waals surface area contributed by atoms with E-state index >= 15 is 0 Å². The van der Waals surface area contributed by atoms with Gasteiger partial charge in [-0.25, -0.2) is 0 Å². The molecule has 4 heteroatoms. The van der Waals surface area contributed by atoms with Crippen LogP contribution in [-0.2, 0) is 4.74 Å². The van der Waals surface area contributed by atoms with Gasteiger partial charge in [-0.15, -0.1) is 0 Å². The largest absolute Gasteiger partial charge is 0.496 e. The van der Waals surface area contributed by atoms with E-state index in [2.05, 4.69) is 5.32 Å². The third kappa shape index (κ3) is 3.47. The number of ether oxygens (including phenoxy) is 2. The normalized spacial score (nSPS) is 10.2. The Hall–Kier alpha value is -1.55. The first-order chi connectivity index (χ1) is 8.61. The minimum Gasteiger partial charge on any atom is -0.496 e. The van der Waals surface area contributed by atoms with Gasteiger partial charge in [0.2, 0.25) is 0 Å². The number of amides is 1. The summed E-state index contributed by atoms with van der Waals surface area (Å²) < 4.78 is 10.2. The fourth-order valence-corrected chi connectivity index (χ4v) is 1.78. The van der Waals surface area contributed by atoms with Crippen molar-refractivity contribution in [1.29, 1.82) is 0 Å². The molecule has 0 aliphatic heterocycles. The second kappa shape index (κ2) is 7.01. The smallest absolute Gasteiger partial charge is 0.251 e. The number of carbonyl (C=O) groups is 1. The van der Waals surface area contributed by atoms with Crippen molar-refractivity contribution in [3.05, 3.63) is 28.8 Å². The molecule has 1 N–H and O–H groups in total. The third-order valence-electron chi connectivity index (χ3n) is 3.01. The highest BCUT2D eigenvalue weighted by Gasteiger charge is 2.12. The number of hydrogen-bond acceptors (Lipinski definition) is 3. The lowest BCUT2D eigenvalue weighted by atomic mass is 10.0. The van der Waals surface area contributed by atoms with E-state index in [1.165, 1.54) is 0 Å². The SMILES string of the molecule is COCCCNC(=O)c1ccc(OC)c(C)c1C. The van der Waals surface area contributed by atoms with Crippen LogP contribution < -0.4 is 10.1 Å². The quantitative estimate of drug-likeness (QED) is 0.787. The molecule has 4 nitrogen and oxygen atoms in total. The molecule has 1 aromatic carbocycles. The van der Waals surface area contributed by atoms with Crippen LogP contribution in [0.2, 0.25) is 0 Å². The zero-order valence-corrected chi connectivity index (χ0v) is 11.5. The minimum absolute atomic E-state index is 0.0469. The molecule has 0 saturated carbocycles. The fourth-order valence-electron chi connectivity index (χ4n) is 1.78. The topological polar surface area (TPSA) is 47.6 Å². The van der Waals surface area contributed by atoms with Crippen LogP contribution in [-0.4, -0.2) is 33.3 Å². The summed E-state index contributed by atoms with van der Waals surface area (Å²) in [6.07, 6.45) is 0.816. The minimum atomic E-state index is -0.0469. The maximum absolute atomic E-state index is 12.0. The Labute approximate surface area is 108 Å². The van der Waals surface area contributed by atoms with Gasteiger partial charge in [0, 0.05) is 25.8 Å². The Morgan fingerprint density at radius 1 is 1.22 bits per heavy atom. The number of carbonyl (C=O) groups excluding carboxylic acids is 1. The van der Waals surface area contributed by atoms with E-state index in [0.29, 0.717) is 18.7 Å². The van der Waals surface area contributed by atoms with Crippen LogP contribution >= 0.6 is 0 Å². The van der Waals surface area contributed by atoms with E-state index in [9.17, 15) is 4.79 Å². The first-order valence-corrected chi connectivity index (χ1v) is 6.03. The Bertz CT molecular complexity index is 416. The summed E-state index contributed by atoms with van der Waals surface area (Å²) in [4.78, 5) is 12.0. The van der Waals surface area contributed by atoms with Crippen molar-refractivity contribution < 1.29 is 14.3 Å². The van der Waals surface area contributed by atoms with Crippen LogP contribution in [0.15, 0.2) is 12.1 Å². The lowest BCUT2D eigenvalue weighted by Crippen LogP contribution is -2.26. The summed E-state index contributed by atoms with van der Waals surface area (Å²) in [6, 6.07) is 3.62. The zero-order valence-electron chi connectivity index (χ0n) is 11.5. The second-order valence-electron chi connectivity index (χ2n) is 4.17. The summed E-state index contributed by atoms with van der Waals surface area (Å²) >= 11 is 0. The molecule has 0 aliphatic rings. The van der Waals surface area contributed by atoms with Gasteiger partial charge >= 0.3 is 0 Å². The molecular weight excluding hydrogens is 230 g/mol. The number of rotatable bonds is 6. The van der Waals surface area contributed by atoms with Gasteiger partial charge in [-0.05, 0) is 43.5 Å². The van der Waals surface area contributed by atoms with E-state index in [-0.39, 0.29) is 5.91 Å². The van der Waals surface area contributed by atoms with Gasteiger partial charge in [0.05, 0.1) is 7.11 Å². The molecule has 18 heavy (non-hydrogen) atoms. The highest BCUT2D eigenvalue weighted by atomic mass is 16.5. The van der Waals surface area contributed by atoms with Gasteiger partial charge in [-0.2, -0.15) is 0 Å². The molecule has 0 aliphatic carbocycles. The predicted molar refractivity (Wildman–Crippen MR) is 71.3 cm³/mol. The van der Waals surface area contributed by atoms with Gasteiger partial charge in [0.25, 0.3) is 5.91 Å². The van der Waals surface area contributed by atoms with E-state index in [4.69, 9.17) is 9.47 Å². The van der Waals surface area contributed by atoms with Gasteiger partial charge in [0.15, 0.2) is 0 Å². The average Bonchev–Trinajstić information content (AvgIpc) is 2.37. The van der Waals surface area contributed by atoms with Crippen molar-refractivity contribution in [2.45, 2.75) is 20.3 Å². The lowest BCUT2D eigenvalue weighted by Gasteiger charge is -2.12. The maximum Gasteiger partial charge on any atom is 0.251 e. The Morgan fingerprint density at radius 3 is 2.56 bits per heavy atom. The summed E-state index contributed by atoms with van der Waals surface area (Å²) in [6.45, 7) is 5.16. The van der Waals surface area contributed by atoms with E-state index < -0.39 is 0 Å². The molecule has 0 unspecified atom stereocenters. The number of methoxy groups -OCH3 is 2. The molecule has 0 aromatic heterocycles. The van der Waals surface area contributed by atoms with E-state index in [0.717, 1.165) is 23.3 Å². The zero-order chi connectivity index (χ0) is 13.5. The molecule has 1 aromatic rings. The standard InChI is InChI=1S/C14H21NO3/c1-10-11(2)13(18-4)7-6-12(10)14(16)15-8-5-9-17-3/h6-7H,5,8-9H2,1-4H3,(H,15,16). The molecule has 0 saturated heterocycles. The molecule has 0 spiro atoms. The van der Waals surface area contributed by atoms with E-state index in [1.807, 2.05) is 19.9 Å². The second-order valence-corrected chi connectivity index (χ2v) is 4.17. The van der Waals surface area contributed by atoms with Gasteiger partial charge in [-0.1, -0.05) is 0 Å². The van der Waals surface area contributed by atoms with Gasteiger partial charge in [-0.3, -0.25) is 4.79 Å². The maximum atomic E-state index is 12.0. The number of nitrogens with one attached hydrogen (secondary N) is 1. The number of hydrogen-bond donors (Lipinski definition) is 1. The molecule has 0 atom stereocenters. The Balaban J connectivity index is 2.71. The van der Waals surface area contributed by atoms with Gasteiger partial charge in [0.1, 0.15) is 5.75 Å². The molecule has 0 radical (unpaired) electrons. The van der Waals surface area contributed by atoms with Crippen molar-refractivity contribution in [3.63, 3.8) is 0 Å². The highest BCUT2D eigenvalue weighted by molar-refractivity contribution is 5.96. The Kier molecular flexibility index (Phi) is 5.65. The molecule has 1 rings (SSSR count). The third-order valence-corrected chi connectivity index (χ3v) is 3.01. The van der Waals surface area contributed by atoms with Crippen LogP contribution in [0.4, 0.5) is 0 Å². The average molecular weight is 251 g/mol. The summed E-state index contributed by atoms with van der Waals surface area (Å²) in [5, 5.41) is 2.88. The molecular formula is C14H21NO3. The molecule has 0 heterocycles. The summed E-state index contributed by atoms with van der Waals surface area (Å²) in [5.74, 6) is 0.762. The molecule has 1 amide bonds. The van der Waals surface area contributed by atoms with Crippen molar-refractivity contribution in [3.8, 4) is 5.75 Å². The van der Waals surface area contributed by atoms with Gasteiger partial charge < -0.3 is 14.8 Å². The molecule has 0 fully saturated rings. The summed E-state index contributed by atoms with van der Waals surface area (Å²) in [5.41, 5.74) is 2.66. The summed E-state index contributed by atoms with van der Waals surface area (Å²) in [7, 11) is 3.28. The number of benzene rings is 1. The monoisotopic (exact) mass is 251 g/mol. The Morgan fingerprint density at radius 2 is 1.94 bits per heavy atom. The van der Waals surface area contributed by atoms with Crippen LogP contribution in [0, 0.1) is 13.8 Å².